The zero-order chi connectivity index (χ0) is 28.8. The SMILES string of the molecule is C=CC(=O)N1CC[C@H](n2cnc3c(N4CC(N(C)C)C4)nc4c(F)c(-c5ccccc5)c(Cl)cc4c32)C[C@H]1CC#N. The molecule has 2 saturated heterocycles. The molecule has 2 aromatic heterocycles. The molecule has 210 valence electrons. The summed E-state index contributed by atoms with van der Waals surface area (Å²) in [6.45, 7) is 5.64. The van der Waals surface area contributed by atoms with Crippen molar-refractivity contribution in [1.82, 2.24) is 24.3 Å². The molecule has 0 unspecified atom stereocenters. The second-order valence-electron chi connectivity index (χ2n) is 11.0. The first kappa shape index (κ1) is 27.2. The van der Waals surface area contributed by atoms with E-state index in [1.54, 1.807) is 17.3 Å². The van der Waals surface area contributed by atoms with Crippen molar-refractivity contribution >= 4 is 45.3 Å². The number of likely N-dealkylation sites (N-methyl/N-ethyl adjacent to an activating group) is 1. The lowest BCUT2D eigenvalue weighted by atomic mass is 9.94. The molecule has 0 aliphatic carbocycles. The summed E-state index contributed by atoms with van der Waals surface area (Å²) in [5, 5.41) is 10.4. The third kappa shape index (κ3) is 4.61. The highest BCUT2D eigenvalue weighted by Gasteiger charge is 2.35. The Morgan fingerprint density at radius 3 is 2.71 bits per heavy atom. The second kappa shape index (κ2) is 10.8. The smallest absolute Gasteiger partial charge is 0.246 e. The van der Waals surface area contributed by atoms with Crippen LogP contribution in [0.1, 0.15) is 25.3 Å². The van der Waals surface area contributed by atoms with Crippen LogP contribution in [0.4, 0.5) is 10.2 Å². The van der Waals surface area contributed by atoms with Gasteiger partial charge in [0.25, 0.3) is 0 Å². The maximum absolute atomic E-state index is 16.4. The number of nitriles is 1. The normalized spacial score (nSPS) is 19.5. The number of likely N-dealkylation sites (tertiary alicyclic amines) is 1. The Morgan fingerprint density at radius 2 is 2.02 bits per heavy atom. The summed E-state index contributed by atoms with van der Waals surface area (Å²) in [5.41, 5.74) is 2.72. The van der Waals surface area contributed by atoms with Crippen molar-refractivity contribution in [2.24, 2.45) is 0 Å². The Balaban J connectivity index is 1.53. The summed E-state index contributed by atoms with van der Waals surface area (Å²) in [7, 11) is 4.10. The molecule has 41 heavy (non-hydrogen) atoms. The number of halogens is 2. The molecule has 0 spiro atoms. The number of carbonyl (C=O) groups excluding carboxylic acids is 1. The van der Waals surface area contributed by atoms with Crippen molar-refractivity contribution in [2.45, 2.75) is 37.4 Å². The van der Waals surface area contributed by atoms with Gasteiger partial charge in [0.05, 0.1) is 29.4 Å². The highest BCUT2D eigenvalue weighted by molar-refractivity contribution is 6.34. The van der Waals surface area contributed by atoms with Gasteiger partial charge < -0.3 is 19.3 Å². The number of imidazole rings is 1. The molecule has 2 aromatic carbocycles. The monoisotopic (exact) mass is 571 g/mol. The maximum atomic E-state index is 16.4. The number of aromatic nitrogens is 3. The number of benzene rings is 2. The number of carbonyl (C=O) groups is 1. The lowest BCUT2D eigenvalue weighted by molar-refractivity contribution is -0.130. The van der Waals surface area contributed by atoms with E-state index in [2.05, 4.69) is 41.1 Å². The van der Waals surface area contributed by atoms with Crippen molar-refractivity contribution in [3.8, 4) is 17.2 Å². The van der Waals surface area contributed by atoms with E-state index in [0.717, 1.165) is 18.6 Å². The number of fused-ring (bicyclic) bond motifs is 3. The first-order valence-electron chi connectivity index (χ1n) is 13.8. The molecule has 2 fully saturated rings. The Kier molecular flexibility index (Phi) is 7.14. The minimum absolute atomic E-state index is 0.0489. The third-order valence-corrected chi connectivity index (χ3v) is 8.79. The van der Waals surface area contributed by atoms with Crippen molar-refractivity contribution in [3.05, 3.63) is 66.2 Å². The highest BCUT2D eigenvalue weighted by atomic mass is 35.5. The topological polar surface area (TPSA) is 81.3 Å². The molecule has 2 aliphatic heterocycles. The minimum atomic E-state index is -0.465. The van der Waals surface area contributed by atoms with Gasteiger partial charge in [-0.1, -0.05) is 48.5 Å². The molecule has 0 saturated carbocycles. The summed E-state index contributed by atoms with van der Waals surface area (Å²) in [4.78, 5) is 28.2. The van der Waals surface area contributed by atoms with Gasteiger partial charge >= 0.3 is 0 Å². The van der Waals surface area contributed by atoms with Crippen LogP contribution in [-0.4, -0.2) is 76.1 Å². The summed E-state index contributed by atoms with van der Waals surface area (Å²) in [5.74, 6) is 0.0112. The number of hydrogen-bond acceptors (Lipinski definition) is 6. The van der Waals surface area contributed by atoms with Crippen molar-refractivity contribution in [3.63, 3.8) is 0 Å². The number of nitrogens with zero attached hydrogens (tertiary/aromatic N) is 7. The second-order valence-corrected chi connectivity index (χ2v) is 11.5. The van der Waals surface area contributed by atoms with Gasteiger partial charge in [-0.05, 0) is 44.6 Å². The number of hydrogen-bond donors (Lipinski definition) is 0. The fourth-order valence-corrected chi connectivity index (χ4v) is 6.46. The fraction of sp³-hybridized carbons (Fsp3) is 0.355. The van der Waals surface area contributed by atoms with Crippen molar-refractivity contribution in [1.29, 1.82) is 5.26 Å². The van der Waals surface area contributed by atoms with E-state index in [4.69, 9.17) is 21.6 Å². The quantitative estimate of drug-likeness (QED) is 0.287. The van der Waals surface area contributed by atoms with Gasteiger partial charge in [0.2, 0.25) is 5.91 Å². The van der Waals surface area contributed by atoms with Gasteiger partial charge in [-0.2, -0.15) is 5.26 Å². The number of rotatable bonds is 6. The maximum Gasteiger partial charge on any atom is 0.246 e. The average molecular weight is 572 g/mol. The third-order valence-electron chi connectivity index (χ3n) is 8.49. The molecule has 8 nitrogen and oxygen atoms in total. The van der Waals surface area contributed by atoms with Crippen molar-refractivity contribution < 1.29 is 9.18 Å². The van der Waals surface area contributed by atoms with Crippen LogP contribution in [-0.2, 0) is 4.79 Å². The Hall–Kier alpha value is -4.00. The summed E-state index contributed by atoms with van der Waals surface area (Å²) in [6.07, 6.45) is 4.54. The van der Waals surface area contributed by atoms with Gasteiger partial charge in [-0.25, -0.2) is 14.4 Å². The van der Waals surface area contributed by atoms with Crippen LogP contribution >= 0.6 is 11.6 Å². The predicted molar refractivity (Wildman–Crippen MR) is 159 cm³/mol. The molecule has 1 amide bonds. The molecule has 10 heteroatoms. The molecule has 4 heterocycles. The Labute approximate surface area is 243 Å². The standard InChI is InChI=1S/C31H31ClFN7O/c1-4-25(41)39-13-11-21(14-20(39)10-12-34)40-18-35-29-30(40)23-15-24(32)26(19-8-6-5-7-9-19)27(33)28(23)36-31(29)38-16-22(17-38)37(2)3/h4-9,15,18,20-22H,1,10-11,13-14,16-17H2,2-3H3/t20-,21+/m1/s1. The molecule has 0 N–H and O–H groups in total. The van der Waals surface area contributed by atoms with E-state index in [1.807, 2.05) is 30.3 Å². The van der Waals surface area contributed by atoms with Crippen LogP contribution in [0.2, 0.25) is 5.02 Å². The number of anilines is 1. The lowest BCUT2D eigenvalue weighted by Crippen LogP contribution is -2.57. The van der Waals surface area contributed by atoms with Gasteiger partial charge in [0.15, 0.2) is 11.6 Å². The summed E-state index contributed by atoms with van der Waals surface area (Å²) < 4.78 is 18.5. The van der Waals surface area contributed by atoms with Gasteiger partial charge in [-0.15, -0.1) is 0 Å². The molecule has 0 radical (unpaired) electrons. The van der Waals surface area contributed by atoms with Crippen LogP contribution in [0.25, 0.3) is 33.1 Å². The molecule has 6 rings (SSSR count). The summed E-state index contributed by atoms with van der Waals surface area (Å²) in [6, 6.07) is 13.4. The van der Waals surface area contributed by atoms with Crippen LogP contribution in [0, 0.1) is 17.1 Å². The van der Waals surface area contributed by atoms with E-state index in [9.17, 15) is 10.1 Å². The summed E-state index contributed by atoms with van der Waals surface area (Å²) >= 11 is 6.77. The zero-order valence-electron chi connectivity index (χ0n) is 23.1. The largest absolute Gasteiger partial charge is 0.351 e. The van der Waals surface area contributed by atoms with Gasteiger partial charge in [-0.3, -0.25) is 4.79 Å². The van der Waals surface area contributed by atoms with E-state index in [1.165, 1.54) is 6.08 Å². The molecule has 4 aromatic rings. The lowest BCUT2D eigenvalue weighted by Gasteiger charge is -2.43. The predicted octanol–water partition coefficient (Wildman–Crippen LogP) is 5.43. The van der Waals surface area contributed by atoms with Crippen LogP contribution in [0.3, 0.4) is 0 Å². The molecular weight excluding hydrogens is 541 g/mol. The average Bonchev–Trinajstić information content (AvgIpc) is 3.39. The number of amides is 1. The molecule has 0 bridgehead atoms. The first-order valence-corrected chi connectivity index (χ1v) is 14.1. The minimum Gasteiger partial charge on any atom is -0.351 e. The van der Waals surface area contributed by atoms with Crippen LogP contribution in [0.15, 0.2) is 55.4 Å². The highest BCUT2D eigenvalue weighted by Crippen LogP contribution is 2.42. The number of pyridine rings is 1. The van der Waals surface area contributed by atoms with Crippen molar-refractivity contribution in [2.75, 3.05) is 38.6 Å². The first-order chi connectivity index (χ1) is 19.8. The van der Waals surface area contributed by atoms with Crippen LogP contribution in [0.5, 0.6) is 0 Å². The van der Waals surface area contributed by atoms with Gasteiger partial charge in [0, 0.05) is 48.7 Å². The fourth-order valence-electron chi connectivity index (χ4n) is 6.16. The Morgan fingerprint density at radius 1 is 1.27 bits per heavy atom. The van der Waals surface area contributed by atoms with Gasteiger partial charge in [0.1, 0.15) is 11.0 Å². The number of piperidine rings is 1. The van der Waals surface area contributed by atoms with E-state index >= 15 is 4.39 Å². The zero-order valence-corrected chi connectivity index (χ0v) is 23.9. The Bertz CT molecular complexity index is 1690. The van der Waals surface area contributed by atoms with Crippen LogP contribution < -0.4 is 4.90 Å². The molecule has 2 aliphatic rings. The van der Waals surface area contributed by atoms with E-state index in [-0.39, 0.29) is 29.9 Å². The van der Waals surface area contributed by atoms with E-state index in [0.29, 0.717) is 58.3 Å². The van der Waals surface area contributed by atoms with E-state index < -0.39 is 5.82 Å². The molecular formula is C31H31ClFN7O. The molecule has 2 atom stereocenters.